The van der Waals surface area contributed by atoms with Gasteiger partial charge in [0.05, 0.1) is 22.0 Å². The first-order chi connectivity index (χ1) is 17.4. The topological polar surface area (TPSA) is 124 Å². The number of carbonyl (C=O) groups is 1. The van der Waals surface area contributed by atoms with Gasteiger partial charge in [-0.25, -0.2) is 13.2 Å². The summed E-state index contributed by atoms with van der Waals surface area (Å²) in [4.78, 5) is 29.6. The van der Waals surface area contributed by atoms with Gasteiger partial charge in [0, 0.05) is 11.3 Å². The molecular weight excluding hydrogens is 476 g/mol. The predicted molar refractivity (Wildman–Crippen MR) is 138 cm³/mol. The molecule has 0 unspecified atom stereocenters. The highest BCUT2D eigenvalue weighted by Crippen LogP contribution is 2.23. The fourth-order valence-electron chi connectivity index (χ4n) is 3.95. The molecular formula is C27H22N4O4S. The Labute approximate surface area is 207 Å². The van der Waals surface area contributed by atoms with Gasteiger partial charge in [0.1, 0.15) is 0 Å². The summed E-state index contributed by atoms with van der Waals surface area (Å²) in [6.07, 6.45) is 0. The minimum absolute atomic E-state index is 0.000587. The van der Waals surface area contributed by atoms with Crippen molar-refractivity contribution in [3.8, 4) is 0 Å². The molecule has 0 aliphatic carbocycles. The number of aromatic amines is 2. The summed E-state index contributed by atoms with van der Waals surface area (Å²) in [6.45, 7) is 0. The number of carbonyl (C=O) groups excluding carboxylic acids is 1. The highest BCUT2D eigenvalue weighted by molar-refractivity contribution is 7.92. The van der Waals surface area contributed by atoms with Crippen LogP contribution in [0.3, 0.4) is 0 Å². The van der Waals surface area contributed by atoms with Crippen LogP contribution in [0.15, 0.2) is 113 Å². The van der Waals surface area contributed by atoms with Gasteiger partial charge in [-0.1, -0.05) is 60.7 Å². The number of fused-ring (bicyclic) bond motifs is 1. The number of aromatic nitrogens is 2. The van der Waals surface area contributed by atoms with Crippen molar-refractivity contribution < 1.29 is 13.2 Å². The molecule has 4 N–H and O–H groups in total. The molecule has 0 radical (unpaired) electrons. The third-order valence-corrected chi connectivity index (χ3v) is 7.12. The molecule has 0 aliphatic heterocycles. The second-order valence-corrected chi connectivity index (χ2v) is 9.88. The van der Waals surface area contributed by atoms with Crippen LogP contribution < -0.4 is 15.7 Å². The number of amides is 1. The van der Waals surface area contributed by atoms with Crippen LogP contribution in [0.5, 0.6) is 0 Å². The van der Waals surface area contributed by atoms with Gasteiger partial charge in [0.2, 0.25) is 0 Å². The summed E-state index contributed by atoms with van der Waals surface area (Å²) in [7, 11) is -3.91. The SMILES string of the molecule is O=C(NC(c1ccccc1)c1ccccc1)c1ccc(NS(=O)(=O)c2ccc3[nH]c(=O)[nH]c3c2)cc1. The Balaban J connectivity index is 1.34. The maximum Gasteiger partial charge on any atom is 0.323 e. The summed E-state index contributed by atoms with van der Waals surface area (Å²) >= 11 is 0. The number of hydrogen-bond acceptors (Lipinski definition) is 4. The molecule has 4 aromatic carbocycles. The summed E-state index contributed by atoms with van der Waals surface area (Å²) in [5, 5.41) is 3.07. The first-order valence-electron chi connectivity index (χ1n) is 11.1. The van der Waals surface area contributed by atoms with E-state index in [4.69, 9.17) is 0 Å². The van der Waals surface area contributed by atoms with Crippen molar-refractivity contribution in [1.82, 2.24) is 15.3 Å². The summed E-state index contributed by atoms with van der Waals surface area (Å²) in [5.41, 5.74) is 3.07. The lowest BCUT2D eigenvalue weighted by atomic mass is 9.98. The van der Waals surface area contributed by atoms with E-state index in [-0.39, 0.29) is 16.8 Å². The van der Waals surface area contributed by atoms with E-state index in [2.05, 4.69) is 20.0 Å². The maximum absolute atomic E-state index is 13.1. The maximum atomic E-state index is 13.1. The molecule has 180 valence electrons. The minimum Gasteiger partial charge on any atom is -0.341 e. The van der Waals surface area contributed by atoms with E-state index < -0.39 is 15.7 Å². The van der Waals surface area contributed by atoms with Gasteiger partial charge in [-0.05, 0) is 53.6 Å². The third-order valence-electron chi connectivity index (χ3n) is 5.74. The molecule has 0 saturated carbocycles. The molecule has 0 aliphatic rings. The molecule has 36 heavy (non-hydrogen) atoms. The van der Waals surface area contributed by atoms with Crippen LogP contribution in [-0.4, -0.2) is 24.3 Å². The minimum atomic E-state index is -3.91. The van der Waals surface area contributed by atoms with Crippen molar-refractivity contribution in [3.63, 3.8) is 0 Å². The molecule has 5 rings (SSSR count). The van der Waals surface area contributed by atoms with Gasteiger partial charge in [-0.2, -0.15) is 0 Å². The van der Waals surface area contributed by atoms with Gasteiger partial charge in [0.25, 0.3) is 15.9 Å². The van der Waals surface area contributed by atoms with Crippen LogP contribution >= 0.6 is 0 Å². The van der Waals surface area contributed by atoms with Gasteiger partial charge < -0.3 is 15.3 Å². The lowest BCUT2D eigenvalue weighted by molar-refractivity contribution is 0.0943. The van der Waals surface area contributed by atoms with E-state index >= 15 is 0 Å². The largest absolute Gasteiger partial charge is 0.341 e. The second kappa shape index (κ2) is 9.55. The number of hydrogen-bond donors (Lipinski definition) is 4. The van der Waals surface area contributed by atoms with E-state index in [1.807, 2.05) is 60.7 Å². The van der Waals surface area contributed by atoms with E-state index in [0.717, 1.165) is 11.1 Å². The van der Waals surface area contributed by atoms with E-state index in [0.29, 0.717) is 22.3 Å². The fraction of sp³-hybridized carbons (Fsp3) is 0.0370. The predicted octanol–water partition coefficient (Wildman–Crippen LogP) is 4.18. The molecule has 1 amide bonds. The van der Waals surface area contributed by atoms with E-state index in [1.54, 1.807) is 12.1 Å². The summed E-state index contributed by atoms with van der Waals surface area (Å²) < 4.78 is 28.2. The molecule has 0 saturated heterocycles. The molecule has 9 heteroatoms. The van der Waals surface area contributed by atoms with E-state index in [1.165, 1.54) is 30.3 Å². The smallest absolute Gasteiger partial charge is 0.323 e. The van der Waals surface area contributed by atoms with Gasteiger partial charge in [-0.3, -0.25) is 9.52 Å². The van der Waals surface area contributed by atoms with Crippen molar-refractivity contribution in [2.45, 2.75) is 10.9 Å². The second-order valence-electron chi connectivity index (χ2n) is 8.20. The van der Waals surface area contributed by atoms with Gasteiger partial charge >= 0.3 is 5.69 Å². The fourth-order valence-corrected chi connectivity index (χ4v) is 5.03. The van der Waals surface area contributed by atoms with Gasteiger partial charge in [0.15, 0.2) is 0 Å². The molecule has 5 aromatic rings. The molecule has 8 nitrogen and oxygen atoms in total. The average Bonchev–Trinajstić information content (AvgIpc) is 3.27. The first kappa shape index (κ1) is 23.1. The quantitative estimate of drug-likeness (QED) is 0.269. The highest BCUT2D eigenvalue weighted by Gasteiger charge is 2.19. The molecule has 1 heterocycles. The molecule has 1 aromatic heterocycles. The zero-order valence-corrected chi connectivity index (χ0v) is 19.8. The Morgan fingerprint density at radius 3 is 1.92 bits per heavy atom. The average molecular weight is 499 g/mol. The van der Waals surface area contributed by atoms with Crippen LogP contribution in [0.1, 0.15) is 27.5 Å². The Bertz CT molecular complexity index is 1640. The summed E-state index contributed by atoms with van der Waals surface area (Å²) in [6, 6.07) is 29.5. The monoisotopic (exact) mass is 498 g/mol. The Morgan fingerprint density at radius 1 is 0.722 bits per heavy atom. The number of imidazole rings is 1. The van der Waals surface area contributed by atoms with Crippen LogP contribution in [0.4, 0.5) is 5.69 Å². The van der Waals surface area contributed by atoms with Crippen LogP contribution in [0.2, 0.25) is 0 Å². The van der Waals surface area contributed by atoms with Crippen LogP contribution in [0.25, 0.3) is 11.0 Å². The van der Waals surface area contributed by atoms with Crippen molar-refractivity contribution in [2.75, 3.05) is 4.72 Å². The number of rotatable bonds is 7. The normalized spacial score (nSPS) is 11.5. The van der Waals surface area contributed by atoms with Crippen LogP contribution in [0, 0.1) is 0 Å². The molecule has 0 spiro atoms. The Morgan fingerprint density at radius 2 is 1.31 bits per heavy atom. The standard InChI is InChI=1S/C27H22N4O4S/c32-26(30-25(18-7-3-1-4-8-18)19-9-5-2-6-10-19)20-11-13-21(14-12-20)31-36(34,35)22-15-16-23-24(17-22)29-27(33)28-23/h1-17,25,31H,(H,30,32)(H2,28,29,33). The number of anilines is 1. The van der Waals surface area contributed by atoms with Crippen molar-refractivity contribution in [1.29, 1.82) is 0 Å². The van der Waals surface area contributed by atoms with Crippen molar-refractivity contribution in [3.05, 3.63) is 130 Å². The Kier molecular flexibility index (Phi) is 6.14. The molecule has 0 atom stereocenters. The number of sulfonamides is 1. The lowest BCUT2D eigenvalue weighted by Gasteiger charge is -2.20. The first-order valence-corrected chi connectivity index (χ1v) is 12.6. The van der Waals surface area contributed by atoms with Crippen molar-refractivity contribution >= 4 is 32.7 Å². The number of benzene rings is 4. The Hall–Kier alpha value is -4.63. The van der Waals surface area contributed by atoms with Crippen LogP contribution in [-0.2, 0) is 10.0 Å². The number of nitrogens with one attached hydrogen (secondary N) is 4. The van der Waals surface area contributed by atoms with Gasteiger partial charge in [-0.15, -0.1) is 0 Å². The molecule has 0 bridgehead atoms. The zero-order chi connectivity index (χ0) is 25.1. The van der Waals surface area contributed by atoms with Crippen molar-refractivity contribution in [2.24, 2.45) is 0 Å². The van der Waals surface area contributed by atoms with E-state index in [9.17, 15) is 18.0 Å². The highest BCUT2D eigenvalue weighted by atomic mass is 32.2. The zero-order valence-electron chi connectivity index (χ0n) is 18.9. The molecule has 0 fully saturated rings. The lowest BCUT2D eigenvalue weighted by Crippen LogP contribution is -2.29. The number of H-pyrrole nitrogens is 2. The third kappa shape index (κ3) is 4.91. The summed E-state index contributed by atoms with van der Waals surface area (Å²) in [5.74, 6) is -0.288.